The van der Waals surface area contributed by atoms with E-state index in [1.807, 2.05) is 45.0 Å². The monoisotopic (exact) mass is 300 g/mol. The molecule has 21 heavy (non-hydrogen) atoms. The van der Waals surface area contributed by atoms with Crippen LogP contribution in [0.5, 0.6) is 0 Å². The lowest BCUT2D eigenvalue weighted by Crippen LogP contribution is -2.00. The van der Waals surface area contributed by atoms with Gasteiger partial charge in [0.1, 0.15) is 11.4 Å². The molecule has 3 rings (SSSR count). The number of hydrogen-bond donors (Lipinski definition) is 1. The van der Waals surface area contributed by atoms with Crippen molar-refractivity contribution < 1.29 is 5.11 Å². The van der Waals surface area contributed by atoms with Gasteiger partial charge in [0.25, 0.3) is 0 Å². The van der Waals surface area contributed by atoms with Gasteiger partial charge in [0.05, 0.1) is 12.3 Å². The normalized spacial score (nSPS) is 11.0. The predicted molar refractivity (Wildman–Crippen MR) is 82.6 cm³/mol. The van der Waals surface area contributed by atoms with E-state index in [2.05, 4.69) is 15.3 Å². The van der Waals surface area contributed by atoms with Crippen molar-refractivity contribution in [3.8, 4) is 16.4 Å². The van der Waals surface area contributed by atoms with Gasteiger partial charge < -0.3 is 5.11 Å². The van der Waals surface area contributed by atoms with Gasteiger partial charge in [0.2, 0.25) is 5.13 Å². The molecule has 108 valence electrons. The number of nitrogens with zero attached hydrogens (tertiary/aromatic N) is 4. The van der Waals surface area contributed by atoms with Gasteiger partial charge in [-0.1, -0.05) is 46.4 Å². The van der Waals surface area contributed by atoms with E-state index in [1.54, 1.807) is 16.0 Å². The molecule has 0 aliphatic rings. The molecule has 0 fully saturated rings. The van der Waals surface area contributed by atoms with Crippen molar-refractivity contribution in [2.75, 3.05) is 0 Å². The number of aryl methyl sites for hydroxylation is 3. The average molecular weight is 300 g/mol. The molecule has 0 spiro atoms. The number of aliphatic hydroxyl groups is 1. The molecule has 1 N–H and O–H groups in total. The van der Waals surface area contributed by atoms with Crippen molar-refractivity contribution in [3.05, 3.63) is 46.1 Å². The average Bonchev–Trinajstić information content (AvgIpc) is 3.04. The second-order valence-corrected chi connectivity index (χ2v) is 6.14. The lowest BCUT2D eigenvalue weighted by Gasteiger charge is -2.05. The zero-order chi connectivity index (χ0) is 15.0. The van der Waals surface area contributed by atoms with Crippen LogP contribution in [0, 0.1) is 20.8 Å². The number of aromatic nitrogens is 4. The molecule has 2 aromatic heterocycles. The minimum atomic E-state index is -0.146. The molecule has 5 nitrogen and oxygen atoms in total. The Kier molecular flexibility index (Phi) is 3.57. The first-order valence-electron chi connectivity index (χ1n) is 6.67. The summed E-state index contributed by atoms with van der Waals surface area (Å²) in [5.74, 6) is 0. The van der Waals surface area contributed by atoms with Gasteiger partial charge >= 0.3 is 0 Å². The maximum atomic E-state index is 9.52. The third-order valence-electron chi connectivity index (χ3n) is 3.41. The van der Waals surface area contributed by atoms with Crippen LogP contribution >= 0.6 is 11.3 Å². The highest BCUT2D eigenvalue weighted by molar-refractivity contribution is 7.14. The van der Waals surface area contributed by atoms with Gasteiger partial charge in [-0.2, -0.15) is 4.68 Å². The molecule has 2 heterocycles. The fraction of sp³-hybridized carbons (Fsp3) is 0.267. The summed E-state index contributed by atoms with van der Waals surface area (Å²) in [6.45, 7) is 5.91. The van der Waals surface area contributed by atoms with Crippen molar-refractivity contribution in [2.45, 2.75) is 27.4 Å². The molecule has 1 aromatic carbocycles. The topological polar surface area (TPSA) is 63.8 Å². The molecule has 0 aliphatic carbocycles. The molecule has 0 aliphatic heterocycles. The van der Waals surface area contributed by atoms with Gasteiger partial charge in [-0.05, 0) is 20.8 Å². The van der Waals surface area contributed by atoms with Gasteiger partial charge in [0.15, 0.2) is 0 Å². The number of hydrogen-bond acceptors (Lipinski definition) is 5. The van der Waals surface area contributed by atoms with Crippen molar-refractivity contribution in [2.24, 2.45) is 0 Å². The van der Waals surface area contributed by atoms with Crippen molar-refractivity contribution in [1.82, 2.24) is 20.0 Å². The lowest BCUT2D eigenvalue weighted by molar-refractivity contribution is 0.277. The first kappa shape index (κ1) is 13.9. The second-order valence-electron chi connectivity index (χ2n) is 4.96. The van der Waals surface area contributed by atoms with E-state index in [-0.39, 0.29) is 6.61 Å². The predicted octanol–water partition coefficient (Wildman–Crippen LogP) is 2.81. The molecule has 6 heteroatoms. The summed E-state index contributed by atoms with van der Waals surface area (Å²) in [6, 6.07) is 8.09. The SMILES string of the molecule is Cc1ccc(-c2c(CO)nnn2-c2nc(C)c(C)s2)cc1. The highest BCUT2D eigenvalue weighted by Crippen LogP contribution is 2.28. The van der Waals surface area contributed by atoms with E-state index in [1.165, 1.54) is 5.56 Å². The van der Waals surface area contributed by atoms with Crippen molar-refractivity contribution >= 4 is 11.3 Å². The van der Waals surface area contributed by atoms with E-state index in [0.29, 0.717) is 5.69 Å². The molecule has 0 bridgehead atoms. The van der Waals surface area contributed by atoms with Crippen LogP contribution in [0.2, 0.25) is 0 Å². The minimum Gasteiger partial charge on any atom is -0.390 e. The summed E-state index contributed by atoms with van der Waals surface area (Å²) in [5, 5.41) is 18.5. The fourth-order valence-corrected chi connectivity index (χ4v) is 2.96. The van der Waals surface area contributed by atoms with Gasteiger partial charge in [-0.25, -0.2) is 4.98 Å². The van der Waals surface area contributed by atoms with E-state index < -0.39 is 0 Å². The molecule has 3 aromatic rings. The van der Waals surface area contributed by atoms with Gasteiger partial charge in [-0.15, -0.1) is 5.10 Å². The summed E-state index contributed by atoms with van der Waals surface area (Å²) in [7, 11) is 0. The summed E-state index contributed by atoms with van der Waals surface area (Å²) in [5.41, 5.74) is 4.51. The lowest BCUT2D eigenvalue weighted by atomic mass is 10.1. The van der Waals surface area contributed by atoms with E-state index in [9.17, 15) is 5.11 Å². The summed E-state index contributed by atoms with van der Waals surface area (Å²) < 4.78 is 1.71. The van der Waals surface area contributed by atoms with E-state index in [0.717, 1.165) is 27.0 Å². The zero-order valence-corrected chi connectivity index (χ0v) is 13.0. The Bertz CT molecular complexity index is 754. The van der Waals surface area contributed by atoms with Crippen LogP contribution < -0.4 is 0 Å². The first-order valence-corrected chi connectivity index (χ1v) is 7.48. The quantitative estimate of drug-likeness (QED) is 0.808. The van der Waals surface area contributed by atoms with Crippen LogP contribution in [-0.4, -0.2) is 25.1 Å². The molecular weight excluding hydrogens is 284 g/mol. The molecule has 0 saturated carbocycles. The second kappa shape index (κ2) is 5.38. The first-order chi connectivity index (χ1) is 10.1. The Morgan fingerprint density at radius 2 is 1.86 bits per heavy atom. The van der Waals surface area contributed by atoms with Crippen LogP contribution in [0.1, 0.15) is 21.8 Å². The standard InChI is InChI=1S/C15H16N4OS/c1-9-4-6-12(7-5-9)14-13(8-20)17-18-19(14)15-16-10(2)11(3)21-15/h4-7,20H,8H2,1-3H3. The third kappa shape index (κ3) is 2.48. The number of aliphatic hydroxyl groups excluding tert-OH is 1. The number of thiazole rings is 1. The highest BCUT2D eigenvalue weighted by atomic mass is 32.1. The summed E-state index contributed by atoms with van der Waals surface area (Å²) >= 11 is 1.57. The molecule has 0 amide bonds. The fourth-order valence-electron chi connectivity index (χ4n) is 2.10. The maximum absolute atomic E-state index is 9.52. The molecular formula is C15H16N4OS. The Hall–Kier alpha value is -2.05. The van der Waals surface area contributed by atoms with Crippen LogP contribution in [-0.2, 0) is 6.61 Å². The van der Waals surface area contributed by atoms with Gasteiger partial charge in [-0.3, -0.25) is 0 Å². The largest absolute Gasteiger partial charge is 0.390 e. The molecule has 0 atom stereocenters. The van der Waals surface area contributed by atoms with E-state index in [4.69, 9.17) is 0 Å². The zero-order valence-electron chi connectivity index (χ0n) is 12.2. The highest BCUT2D eigenvalue weighted by Gasteiger charge is 2.18. The minimum absolute atomic E-state index is 0.146. The molecule has 0 unspecified atom stereocenters. The Balaban J connectivity index is 2.18. The number of rotatable bonds is 3. The molecule has 0 saturated heterocycles. The Labute approximate surface area is 126 Å². The van der Waals surface area contributed by atoms with Crippen LogP contribution in [0.25, 0.3) is 16.4 Å². The molecule has 0 radical (unpaired) electrons. The van der Waals surface area contributed by atoms with Crippen molar-refractivity contribution in [3.63, 3.8) is 0 Å². The van der Waals surface area contributed by atoms with Crippen LogP contribution in [0.4, 0.5) is 0 Å². The third-order valence-corrected chi connectivity index (χ3v) is 4.46. The van der Waals surface area contributed by atoms with Crippen molar-refractivity contribution in [1.29, 1.82) is 0 Å². The smallest absolute Gasteiger partial charge is 0.212 e. The number of benzene rings is 1. The van der Waals surface area contributed by atoms with E-state index >= 15 is 0 Å². The van der Waals surface area contributed by atoms with Crippen LogP contribution in [0.3, 0.4) is 0 Å². The summed E-state index contributed by atoms with van der Waals surface area (Å²) in [6.07, 6.45) is 0. The van der Waals surface area contributed by atoms with Crippen LogP contribution in [0.15, 0.2) is 24.3 Å². The maximum Gasteiger partial charge on any atom is 0.212 e. The van der Waals surface area contributed by atoms with Gasteiger partial charge in [0, 0.05) is 10.4 Å². The Morgan fingerprint density at radius 3 is 2.43 bits per heavy atom. The summed E-state index contributed by atoms with van der Waals surface area (Å²) in [4.78, 5) is 5.68. The Morgan fingerprint density at radius 1 is 1.14 bits per heavy atom.